The monoisotopic (exact) mass is 211 g/mol. The number of nitrogens with zero attached hydrogens (tertiary/aromatic N) is 2. The molecule has 0 spiro atoms. The van der Waals surface area contributed by atoms with Crippen LogP contribution in [0.3, 0.4) is 0 Å². The molecule has 4 heteroatoms. The highest BCUT2D eigenvalue weighted by atomic mass is 16.2. The first-order chi connectivity index (χ1) is 7.31. The van der Waals surface area contributed by atoms with Crippen molar-refractivity contribution in [3.05, 3.63) is 0 Å². The SMILES string of the molecule is CCC1NCN(CCN2CCCC2)C1=O. The van der Waals surface area contributed by atoms with Gasteiger partial charge < -0.3 is 9.80 Å². The van der Waals surface area contributed by atoms with E-state index in [-0.39, 0.29) is 11.9 Å². The zero-order chi connectivity index (χ0) is 10.7. The minimum atomic E-state index is 0.0728. The summed E-state index contributed by atoms with van der Waals surface area (Å²) in [5.74, 6) is 0.289. The Morgan fingerprint density at radius 2 is 2.07 bits per heavy atom. The summed E-state index contributed by atoms with van der Waals surface area (Å²) in [6.07, 6.45) is 3.55. The van der Waals surface area contributed by atoms with Crippen LogP contribution in [0.1, 0.15) is 26.2 Å². The Labute approximate surface area is 91.6 Å². The van der Waals surface area contributed by atoms with E-state index in [1.54, 1.807) is 0 Å². The maximum atomic E-state index is 11.8. The van der Waals surface area contributed by atoms with Gasteiger partial charge in [0.2, 0.25) is 5.91 Å². The van der Waals surface area contributed by atoms with Gasteiger partial charge in [0.05, 0.1) is 12.7 Å². The van der Waals surface area contributed by atoms with Crippen LogP contribution in [0.25, 0.3) is 0 Å². The second-order valence-electron chi connectivity index (χ2n) is 4.47. The van der Waals surface area contributed by atoms with Gasteiger partial charge in [-0.3, -0.25) is 10.1 Å². The molecule has 0 aromatic carbocycles. The summed E-state index contributed by atoms with van der Waals surface area (Å²) in [5.41, 5.74) is 0. The van der Waals surface area contributed by atoms with Crippen LogP contribution in [0.5, 0.6) is 0 Å². The number of carbonyl (C=O) groups is 1. The molecule has 1 amide bonds. The highest BCUT2D eigenvalue weighted by Gasteiger charge is 2.29. The molecule has 2 heterocycles. The van der Waals surface area contributed by atoms with Crippen molar-refractivity contribution in [3.8, 4) is 0 Å². The molecule has 2 saturated heterocycles. The van der Waals surface area contributed by atoms with Crippen molar-refractivity contribution in [1.29, 1.82) is 0 Å². The molecule has 15 heavy (non-hydrogen) atoms. The van der Waals surface area contributed by atoms with Gasteiger partial charge in [-0.2, -0.15) is 0 Å². The first-order valence-corrected chi connectivity index (χ1v) is 6.06. The molecule has 0 bridgehead atoms. The first kappa shape index (κ1) is 10.9. The molecule has 2 aliphatic heterocycles. The largest absolute Gasteiger partial charge is 0.327 e. The predicted molar refractivity (Wildman–Crippen MR) is 59.5 cm³/mol. The van der Waals surface area contributed by atoms with Crippen LogP contribution < -0.4 is 5.32 Å². The molecule has 0 aromatic rings. The summed E-state index contributed by atoms with van der Waals surface area (Å²) in [4.78, 5) is 16.2. The molecule has 2 aliphatic rings. The van der Waals surface area contributed by atoms with Crippen molar-refractivity contribution in [2.24, 2.45) is 0 Å². The molecular weight excluding hydrogens is 190 g/mol. The molecule has 2 fully saturated rings. The van der Waals surface area contributed by atoms with Gasteiger partial charge in [0.25, 0.3) is 0 Å². The van der Waals surface area contributed by atoms with E-state index < -0.39 is 0 Å². The number of nitrogens with one attached hydrogen (secondary N) is 1. The van der Waals surface area contributed by atoms with Gasteiger partial charge in [-0.25, -0.2) is 0 Å². The Bertz CT molecular complexity index is 226. The predicted octanol–water partition coefficient (Wildman–Crippen LogP) is 0.250. The lowest BCUT2D eigenvalue weighted by Gasteiger charge is -2.20. The van der Waals surface area contributed by atoms with Gasteiger partial charge in [0.15, 0.2) is 0 Å². The Kier molecular flexibility index (Phi) is 3.59. The summed E-state index contributed by atoms with van der Waals surface area (Å²) < 4.78 is 0. The lowest BCUT2D eigenvalue weighted by Crippen LogP contribution is -2.36. The first-order valence-electron chi connectivity index (χ1n) is 6.06. The smallest absolute Gasteiger partial charge is 0.240 e. The fourth-order valence-corrected chi connectivity index (χ4v) is 2.38. The number of hydrogen-bond acceptors (Lipinski definition) is 3. The van der Waals surface area contributed by atoms with E-state index in [1.807, 2.05) is 4.90 Å². The Morgan fingerprint density at radius 1 is 1.33 bits per heavy atom. The van der Waals surface area contributed by atoms with Crippen LogP contribution >= 0.6 is 0 Å². The highest BCUT2D eigenvalue weighted by molar-refractivity contribution is 5.83. The second-order valence-corrected chi connectivity index (χ2v) is 4.47. The maximum absolute atomic E-state index is 11.8. The minimum Gasteiger partial charge on any atom is -0.327 e. The quantitative estimate of drug-likeness (QED) is 0.724. The van der Waals surface area contributed by atoms with Gasteiger partial charge in [-0.05, 0) is 32.4 Å². The molecule has 0 radical (unpaired) electrons. The number of carbonyl (C=O) groups excluding carboxylic acids is 1. The van der Waals surface area contributed by atoms with Crippen molar-refractivity contribution >= 4 is 5.91 Å². The number of rotatable bonds is 4. The van der Waals surface area contributed by atoms with E-state index in [0.29, 0.717) is 0 Å². The van der Waals surface area contributed by atoms with Crippen LogP contribution in [0.4, 0.5) is 0 Å². The van der Waals surface area contributed by atoms with Crippen molar-refractivity contribution in [2.75, 3.05) is 32.8 Å². The van der Waals surface area contributed by atoms with Gasteiger partial charge in [0, 0.05) is 13.1 Å². The molecule has 1 unspecified atom stereocenters. The van der Waals surface area contributed by atoms with Crippen molar-refractivity contribution in [1.82, 2.24) is 15.1 Å². The van der Waals surface area contributed by atoms with E-state index in [1.165, 1.54) is 25.9 Å². The molecule has 1 N–H and O–H groups in total. The highest BCUT2D eigenvalue weighted by Crippen LogP contribution is 2.09. The molecule has 4 nitrogen and oxygen atoms in total. The minimum absolute atomic E-state index is 0.0728. The van der Waals surface area contributed by atoms with Crippen LogP contribution in [-0.4, -0.2) is 54.6 Å². The number of hydrogen-bond donors (Lipinski definition) is 1. The Balaban J connectivity index is 1.73. The van der Waals surface area contributed by atoms with Crippen molar-refractivity contribution in [2.45, 2.75) is 32.2 Å². The van der Waals surface area contributed by atoms with Gasteiger partial charge in [-0.15, -0.1) is 0 Å². The second kappa shape index (κ2) is 4.94. The van der Waals surface area contributed by atoms with Gasteiger partial charge >= 0.3 is 0 Å². The average molecular weight is 211 g/mol. The molecule has 86 valence electrons. The number of likely N-dealkylation sites (tertiary alicyclic amines) is 1. The third-order valence-corrected chi connectivity index (χ3v) is 3.43. The van der Waals surface area contributed by atoms with Crippen molar-refractivity contribution in [3.63, 3.8) is 0 Å². The lowest BCUT2D eigenvalue weighted by atomic mass is 10.2. The molecule has 0 aliphatic carbocycles. The molecule has 0 aromatic heterocycles. The molecular formula is C11H21N3O. The zero-order valence-electron chi connectivity index (χ0n) is 9.54. The van der Waals surface area contributed by atoms with E-state index in [2.05, 4.69) is 17.1 Å². The summed E-state index contributed by atoms with van der Waals surface area (Å²) in [5, 5.41) is 3.24. The molecule has 2 rings (SSSR count). The zero-order valence-corrected chi connectivity index (χ0v) is 9.54. The van der Waals surface area contributed by atoms with E-state index in [0.717, 1.165) is 26.2 Å². The van der Waals surface area contributed by atoms with Gasteiger partial charge in [-0.1, -0.05) is 6.92 Å². The van der Waals surface area contributed by atoms with Crippen LogP contribution in [0, 0.1) is 0 Å². The topological polar surface area (TPSA) is 35.6 Å². The third kappa shape index (κ3) is 2.49. The summed E-state index contributed by atoms with van der Waals surface area (Å²) in [6.45, 7) is 7.16. The summed E-state index contributed by atoms with van der Waals surface area (Å²) in [7, 11) is 0. The maximum Gasteiger partial charge on any atom is 0.240 e. The number of amides is 1. The third-order valence-electron chi connectivity index (χ3n) is 3.43. The average Bonchev–Trinajstić information content (AvgIpc) is 2.85. The lowest BCUT2D eigenvalue weighted by molar-refractivity contribution is -0.129. The summed E-state index contributed by atoms with van der Waals surface area (Å²) >= 11 is 0. The standard InChI is InChI=1S/C11H21N3O/c1-2-10-11(15)14(9-12-10)8-7-13-5-3-4-6-13/h10,12H,2-9H2,1H3. The normalized spacial score (nSPS) is 27.9. The van der Waals surface area contributed by atoms with Crippen LogP contribution in [0.15, 0.2) is 0 Å². The Morgan fingerprint density at radius 3 is 2.67 bits per heavy atom. The fraction of sp³-hybridized carbons (Fsp3) is 0.909. The Hall–Kier alpha value is -0.610. The van der Waals surface area contributed by atoms with E-state index in [9.17, 15) is 4.79 Å². The molecule has 1 atom stereocenters. The van der Waals surface area contributed by atoms with Gasteiger partial charge in [0.1, 0.15) is 0 Å². The van der Waals surface area contributed by atoms with E-state index >= 15 is 0 Å². The fourth-order valence-electron chi connectivity index (χ4n) is 2.38. The van der Waals surface area contributed by atoms with Crippen molar-refractivity contribution < 1.29 is 4.79 Å². The van der Waals surface area contributed by atoms with E-state index in [4.69, 9.17) is 0 Å². The molecule has 0 saturated carbocycles. The summed E-state index contributed by atoms with van der Waals surface area (Å²) in [6, 6.07) is 0.0728. The van der Waals surface area contributed by atoms with Crippen LogP contribution in [0.2, 0.25) is 0 Å². The van der Waals surface area contributed by atoms with Crippen LogP contribution in [-0.2, 0) is 4.79 Å².